The minimum absolute atomic E-state index is 0.421. The highest BCUT2D eigenvalue weighted by Gasteiger charge is 2.17. The van der Waals surface area contributed by atoms with Crippen LogP contribution in [-0.4, -0.2) is 36.3 Å². The molecule has 2 nitrogen and oxygen atoms in total. The normalized spacial score (nSPS) is 29.3. The van der Waals surface area contributed by atoms with E-state index in [1.807, 2.05) is 0 Å². The van der Waals surface area contributed by atoms with E-state index in [0.29, 0.717) is 6.04 Å². The molecule has 1 atom stereocenters. The first-order valence-electron chi connectivity index (χ1n) is 3.41. The van der Waals surface area contributed by atoms with Gasteiger partial charge in [0.05, 0.1) is 0 Å². The Kier molecular flexibility index (Phi) is 2.82. The molecule has 0 aromatic heterocycles. The Hall–Kier alpha value is 0.270. The summed E-state index contributed by atoms with van der Waals surface area (Å²) < 4.78 is 0. The van der Waals surface area contributed by atoms with Crippen molar-refractivity contribution in [3.63, 3.8) is 0 Å². The summed E-state index contributed by atoms with van der Waals surface area (Å²) in [7, 11) is 0. The van der Waals surface area contributed by atoms with Crippen LogP contribution in [0.5, 0.6) is 0 Å². The summed E-state index contributed by atoms with van der Waals surface area (Å²) in [6, 6.07) is 0.421. The maximum absolute atomic E-state index is 5.69. The Morgan fingerprint density at radius 2 is 2.44 bits per heavy atom. The second-order valence-corrected chi connectivity index (χ2v) is 3.02. The minimum Gasteiger partial charge on any atom is -0.326 e. The first-order chi connectivity index (χ1) is 4.33. The number of thiol groups is 1. The van der Waals surface area contributed by atoms with E-state index in [9.17, 15) is 0 Å². The van der Waals surface area contributed by atoms with Gasteiger partial charge in [-0.3, -0.25) is 0 Å². The van der Waals surface area contributed by atoms with Crippen LogP contribution in [0.3, 0.4) is 0 Å². The molecule has 0 amide bonds. The standard InChI is InChI=1S/C6H14N2S/c7-6-1-2-8(5-6)3-4-9/h6,9H,1-5,7H2. The SMILES string of the molecule is NC1CCN(CCS)C1. The number of likely N-dealkylation sites (tertiary alicyclic amines) is 1. The average Bonchev–Trinajstić information content (AvgIpc) is 2.17. The second kappa shape index (κ2) is 3.44. The Bertz CT molecular complexity index is 85.1. The summed E-state index contributed by atoms with van der Waals surface area (Å²) in [5.74, 6) is 0.951. The molecule has 0 aromatic carbocycles. The lowest BCUT2D eigenvalue weighted by molar-refractivity contribution is 0.357. The van der Waals surface area contributed by atoms with Gasteiger partial charge in [-0.2, -0.15) is 12.6 Å². The third-order valence-corrected chi connectivity index (χ3v) is 1.93. The lowest BCUT2D eigenvalue weighted by atomic mass is 10.3. The fraction of sp³-hybridized carbons (Fsp3) is 1.00. The summed E-state index contributed by atoms with van der Waals surface area (Å²) in [5.41, 5.74) is 5.69. The number of nitrogens with two attached hydrogens (primary N) is 1. The van der Waals surface area contributed by atoms with Gasteiger partial charge in [0.25, 0.3) is 0 Å². The summed E-state index contributed by atoms with van der Waals surface area (Å²) in [6.07, 6.45) is 1.16. The Morgan fingerprint density at radius 1 is 1.67 bits per heavy atom. The molecule has 9 heavy (non-hydrogen) atoms. The van der Waals surface area contributed by atoms with Gasteiger partial charge in [-0.25, -0.2) is 0 Å². The predicted octanol–water partition coefficient (Wildman–Crippen LogP) is -0.0508. The van der Waals surface area contributed by atoms with Crippen molar-refractivity contribution in [3.8, 4) is 0 Å². The number of nitrogens with zero attached hydrogens (tertiary/aromatic N) is 1. The van der Waals surface area contributed by atoms with E-state index >= 15 is 0 Å². The molecule has 0 aromatic rings. The first kappa shape index (κ1) is 7.38. The van der Waals surface area contributed by atoms with Gasteiger partial charge >= 0.3 is 0 Å². The molecule has 1 aliphatic heterocycles. The Balaban J connectivity index is 2.14. The molecule has 1 rings (SSSR count). The fourth-order valence-electron chi connectivity index (χ4n) is 1.21. The third kappa shape index (κ3) is 2.16. The van der Waals surface area contributed by atoms with E-state index in [2.05, 4.69) is 17.5 Å². The van der Waals surface area contributed by atoms with Gasteiger partial charge in [-0.05, 0) is 13.0 Å². The van der Waals surface area contributed by atoms with Gasteiger partial charge in [-0.15, -0.1) is 0 Å². The highest BCUT2D eigenvalue weighted by atomic mass is 32.1. The maximum atomic E-state index is 5.69. The summed E-state index contributed by atoms with van der Waals surface area (Å²) in [6.45, 7) is 3.33. The molecule has 0 bridgehead atoms. The van der Waals surface area contributed by atoms with Crippen LogP contribution in [0.1, 0.15) is 6.42 Å². The van der Waals surface area contributed by atoms with Crippen molar-refractivity contribution in [3.05, 3.63) is 0 Å². The van der Waals surface area contributed by atoms with E-state index in [1.54, 1.807) is 0 Å². The average molecular weight is 146 g/mol. The van der Waals surface area contributed by atoms with Crippen LogP contribution in [0.25, 0.3) is 0 Å². The molecule has 1 unspecified atom stereocenters. The van der Waals surface area contributed by atoms with Gasteiger partial charge in [0.1, 0.15) is 0 Å². The molecule has 1 heterocycles. The zero-order valence-electron chi connectivity index (χ0n) is 5.58. The molecule has 0 aliphatic carbocycles. The van der Waals surface area contributed by atoms with Crippen molar-refractivity contribution in [1.82, 2.24) is 4.90 Å². The molecule has 2 N–H and O–H groups in total. The lowest BCUT2D eigenvalue weighted by Gasteiger charge is -2.11. The van der Waals surface area contributed by atoms with Gasteiger partial charge < -0.3 is 10.6 Å². The third-order valence-electron chi connectivity index (χ3n) is 1.73. The van der Waals surface area contributed by atoms with E-state index in [4.69, 9.17) is 5.73 Å². The monoisotopic (exact) mass is 146 g/mol. The van der Waals surface area contributed by atoms with Gasteiger partial charge in [0.2, 0.25) is 0 Å². The van der Waals surface area contributed by atoms with E-state index in [-0.39, 0.29) is 0 Å². The first-order valence-corrected chi connectivity index (χ1v) is 4.05. The van der Waals surface area contributed by atoms with Crippen LogP contribution in [0.15, 0.2) is 0 Å². The summed E-state index contributed by atoms with van der Waals surface area (Å²) in [4.78, 5) is 2.36. The van der Waals surface area contributed by atoms with Crippen molar-refractivity contribution in [1.29, 1.82) is 0 Å². The number of rotatable bonds is 2. The molecule has 0 saturated carbocycles. The number of hydrogen-bond acceptors (Lipinski definition) is 3. The van der Waals surface area contributed by atoms with Crippen LogP contribution >= 0.6 is 12.6 Å². The van der Waals surface area contributed by atoms with Crippen molar-refractivity contribution < 1.29 is 0 Å². The highest BCUT2D eigenvalue weighted by molar-refractivity contribution is 7.80. The second-order valence-electron chi connectivity index (χ2n) is 2.57. The van der Waals surface area contributed by atoms with Crippen LogP contribution in [0.4, 0.5) is 0 Å². The predicted molar refractivity (Wildman–Crippen MR) is 42.9 cm³/mol. The van der Waals surface area contributed by atoms with Gasteiger partial charge in [0.15, 0.2) is 0 Å². The van der Waals surface area contributed by atoms with Crippen molar-refractivity contribution in [2.24, 2.45) is 5.73 Å². The van der Waals surface area contributed by atoms with Crippen LogP contribution < -0.4 is 5.73 Å². The molecule has 1 aliphatic rings. The lowest BCUT2D eigenvalue weighted by Crippen LogP contribution is -2.27. The smallest absolute Gasteiger partial charge is 0.0180 e. The van der Waals surface area contributed by atoms with E-state index < -0.39 is 0 Å². The maximum Gasteiger partial charge on any atom is 0.0180 e. The van der Waals surface area contributed by atoms with Gasteiger partial charge in [0, 0.05) is 24.9 Å². The summed E-state index contributed by atoms with van der Waals surface area (Å²) >= 11 is 4.14. The van der Waals surface area contributed by atoms with Crippen LogP contribution in [0, 0.1) is 0 Å². The van der Waals surface area contributed by atoms with Crippen molar-refractivity contribution >= 4 is 12.6 Å². The molecular formula is C6H14N2S. The molecule has 0 spiro atoms. The van der Waals surface area contributed by atoms with Gasteiger partial charge in [-0.1, -0.05) is 0 Å². The zero-order chi connectivity index (χ0) is 6.69. The number of hydrogen-bond donors (Lipinski definition) is 2. The quantitative estimate of drug-likeness (QED) is 0.535. The van der Waals surface area contributed by atoms with Crippen molar-refractivity contribution in [2.75, 3.05) is 25.4 Å². The van der Waals surface area contributed by atoms with E-state index in [1.165, 1.54) is 6.54 Å². The molecular weight excluding hydrogens is 132 g/mol. The largest absolute Gasteiger partial charge is 0.326 e. The summed E-state index contributed by atoms with van der Waals surface area (Å²) in [5, 5.41) is 0. The van der Waals surface area contributed by atoms with E-state index in [0.717, 1.165) is 25.3 Å². The Labute approximate surface area is 61.8 Å². The van der Waals surface area contributed by atoms with Crippen molar-refractivity contribution in [2.45, 2.75) is 12.5 Å². The molecule has 0 radical (unpaired) electrons. The molecule has 3 heteroatoms. The minimum atomic E-state index is 0.421. The van der Waals surface area contributed by atoms with Crippen LogP contribution in [-0.2, 0) is 0 Å². The fourth-order valence-corrected chi connectivity index (χ4v) is 1.49. The molecule has 54 valence electrons. The topological polar surface area (TPSA) is 29.3 Å². The highest BCUT2D eigenvalue weighted by Crippen LogP contribution is 2.05. The zero-order valence-corrected chi connectivity index (χ0v) is 6.48. The Morgan fingerprint density at radius 3 is 2.89 bits per heavy atom. The molecule has 1 saturated heterocycles. The molecule has 1 fully saturated rings. The van der Waals surface area contributed by atoms with Crippen LogP contribution in [0.2, 0.25) is 0 Å².